The fourth-order valence-electron chi connectivity index (χ4n) is 2.24. The lowest BCUT2D eigenvalue weighted by molar-refractivity contribution is -0.141. The highest BCUT2D eigenvalue weighted by Crippen LogP contribution is 2.18. The molecule has 2 atom stereocenters. The van der Waals surface area contributed by atoms with Gasteiger partial charge in [-0.3, -0.25) is 4.98 Å². The number of rotatable bonds is 3. The summed E-state index contributed by atoms with van der Waals surface area (Å²) in [7, 11) is 0. The minimum absolute atomic E-state index is 0.0317. The van der Waals surface area contributed by atoms with Gasteiger partial charge in [0.2, 0.25) is 0 Å². The molecule has 1 saturated heterocycles. The molecule has 3 N–H and O–H groups in total. The summed E-state index contributed by atoms with van der Waals surface area (Å²) in [6, 6.07) is 2.21. The second-order valence-corrected chi connectivity index (χ2v) is 4.82. The second kappa shape index (κ2) is 5.87. The van der Waals surface area contributed by atoms with E-state index in [2.05, 4.69) is 10.3 Å². The lowest BCUT2D eigenvalue weighted by Crippen LogP contribution is -2.46. The molecule has 2 amide bonds. The van der Waals surface area contributed by atoms with E-state index in [1.807, 2.05) is 13.0 Å². The summed E-state index contributed by atoms with van der Waals surface area (Å²) in [5, 5.41) is 21.2. The molecule has 0 aliphatic carbocycles. The quantitative estimate of drug-likeness (QED) is 0.729. The number of carboxylic acid groups (broad SMARTS) is 1. The van der Waals surface area contributed by atoms with E-state index >= 15 is 0 Å². The van der Waals surface area contributed by atoms with Gasteiger partial charge in [0.1, 0.15) is 6.04 Å². The number of aliphatic hydroxyl groups is 1. The predicted octanol–water partition coefficient (Wildman–Crippen LogP) is 0.119. The summed E-state index contributed by atoms with van der Waals surface area (Å²) in [5.41, 5.74) is 1.68. The number of aliphatic hydroxyl groups excluding tert-OH is 1. The largest absolute Gasteiger partial charge is 0.480 e. The Morgan fingerprint density at radius 1 is 1.55 bits per heavy atom. The van der Waals surface area contributed by atoms with Crippen LogP contribution in [0.5, 0.6) is 0 Å². The Bertz CT molecular complexity index is 520. The van der Waals surface area contributed by atoms with Crippen LogP contribution in [0.1, 0.15) is 17.7 Å². The van der Waals surface area contributed by atoms with E-state index in [4.69, 9.17) is 5.11 Å². The van der Waals surface area contributed by atoms with Gasteiger partial charge in [0.15, 0.2) is 0 Å². The Hall–Kier alpha value is -2.15. The number of aliphatic carboxylic acids is 1. The number of carbonyl (C=O) groups is 2. The zero-order valence-corrected chi connectivity index (χ0v) is 11.1. The molecule has 0 unspecified atom stereocenters. The molecule has 1 aliphatic heterocycles. The molecule has 1 aromatic heterocycles. The van der Waals surface area contributed by atoms with Crippen LogP contribution in [-0.4, -0.2) is 50.8 Å². The van der Waals surface area contributed by atoms with Gasteiger partial charge in [0, 0.05) is 19.2 Å². The van der Waals surface area contributed by atoms with Gasteiger partial charge >= 0.3 is 12.0 Å². The molecule has 2 rings (SSSR count). The van der Waals surface area contributed by atoms with Crippen molar-refractivity contribution in [3.63, 3.8) is 0 Å². The number of pyridine rings is 1. The van der Waals surface area contributed by atoms with E-state index in [0.29, 0.717) is 0 Å². The average Bonchev–Trinajstić information content (AvgIpc) is 2.80. The molecular formula is C13H17N3O4. The fraction of sp³-hybridized carbons (Fsp3) is 0.462. The van der Waals surface area contributed by atoms with Crippen LogP contribution in [0, 0.1) is 6.92 Å². The molecule has 0 saturated carbocycles. The summed E-state index contributed by atoms with van der Waals surface area (Å²) >= 11 is 0. The number of aryl methyl sites for hydroxylation is 1. The van der Waals surface area contributed by atoms with Gasteiger partial charge in [-0.1, -0.05) is 6.07 Å². The highest BCUT2D eigenvalue weighted by atomic mass is 16.4. The van der Waals surface area contributed by atoms with Gasteiger partial charge < -0.3 is 20.4 Å². The molecule has 1 aromatic rings. The first-order valence-electron chi connectivity index (χ1n) is 6.35. The van der Waals surface area contributed by atoms with E-state index in [9.17, 15) is 14.7 Å². The lowest BCUT2D eigenvalue weighted by Gasteiger charge is -2.21. The molecule has 7 heteroatoms. The van der Waals surface area contributed by atoms with Crippen LogP contribution in [0.3, 0.4) is 0 Å². The Morgan fingerprint density at radius 2 is 2.30 bits per heavy atom. The maximum absolute atomic E-state index is 12.0. The number of nitrogens with one attached hydrogen (secondary N) is 1. The summed E-state index contributed by atoms with van der Waals surface area (Å²) in [6.45, 7) is 2.14. The number of amides is 2. The third kappa shape index (κ3) is 3.05. The average molecular weight is 279 g/mol. The van der Waals surface area contributed by atoms with Gasteiger partial charge in [-0.25, -0.2) is 9.59 Å². The van der Waals surface area contributed by atoms with E-state index in [0.717, 1.165) is 16.2 Å². The van der Waals surface area contributed by atoms with Crippen molar-refractivity contribution in [1.29, 1.82) is 0 Å². The van der Waals surface area contributed by atoms with Crippen molar-refractivity contribution in [3.05, 3.63) is 29.6 Å². The molecule has 108 valence electrons. The molecule has 0 bridgehead atoms. The zero-order valence-electron chi connectivity index (χ0n) is 11.1. The number of carbonyl (C=O) groups excluding carboxylic acids is 1. The van der Waals surface area contributed by atoms with E-state index in [1.165, 1.54) is 0 Å². The smallest absolute Gasteiger partial charge is 0.326 e. The van der Waals surface area contributed by atoms with Gasteiger partial charge in [0.25, 0.3) is 0 Å². The number of hydrogen-bond acceptors (Lipinski definition) is 4. The topological polar surface area (TPSA) is 103 Å². The van der Waals surface area contributed by atoms with Crippen LogP contribution < -0.4 is 5.32 Å². The third-order valence-electron chi connectivity index (χ3n) is 3.35. The van der Waals surface area contributed by atoms with Crippen LogP contribution in [0.15, 0.2) is 18.3 Å². The van der Waals surface area contributed by atoms with Crippen molar-refractivity contribution < 1.29 is 19.8 Å². The van der Waals surface area contributed by atoms with E-state index in [-0.39, 0.29) is 19.5 Å². The molecule has 0 radical (unpaired) electrons. The molecule has 0 aromatic carbocycles. The SMILES string of the molecule is Cc1cccnc1CNC(=O)N1C[C@H](O)C[C@H]1C(=O)O. The van der Waals surface area contributed by atoms with E-state index < -0.39 is 24.1 Å². The van der Waals surface area contributed by atoms with Crippen LogP contribution in [-0.2, 0) is 11.3 Å². The molecule has 1 fully saturated rings. The number of aromatic nitrogens is 1. The summed E-state index contributed by atoms with van der Waals surface area (Å²) in [6.07, 6.45) is 0.901. The first kappa shape index (κ1) is 14.3. The summed E-state index contributed by atoms with van der Waals surface area (Å²) < 4.78 is 0. The van der Waals surface area contributed by atoms with Gasteiger partial charge in [0.05, 0.1) is 18.3 Å². The van der Waals surface area contributed by atoms with Gasteiger partial charge in [-0.15, -0.1) is 0 Å². The van der Waals surface area contributed by atoms with Crippen molar-refractivity contribution in [2.75, 3.05) is 6.54 Å². The molecule has 1 aliphatic rings. The van der Waals surface area contributed by atoms with Crippen LogP contribution >= 0.6 is 0 Å². The van der Waals surface area contributed by atoms with Crippen molar-refractivity contribution >= 4 is 12.0 Å². The van der Waals surface area contributed by atoms with Crippen molar-refractivity contribution in [2.45, 2.75) is 32.0 Å². The number of carboxylic acids is 1. The Balaban J connectivity index is 1.98. The summed E-state index contributed by atoms with van der Waals surface area (Å²) in [5.74, 6) is -1.11. The number of β-amino-alcohol motifs (C(OH)–C–C–N with tert-alkyl or cyclic N) is 1. The Labute approximate surface area is 116 Å². The standard InChI is InChI=1S/C13H17N3O4/c1-8-3-2-4-14-10(8)6-15-13(20)16-7-9(17)5-11(16)12(18)19/h2-4,9,11,17H,5-7H2,1H3,(H,15,20)(H,18,19)/t9-,11+/m1/s1. The van der Waals surface area contributed by atoms with Crippen LogP contribution in [0.2, 0.25) is 0 Å². The molecule has 20 heavy (non-hydrogen) atoms. The van der Waals surface area contributed by atoms with Gasteiger partial charge in [-0.05, 0) is 18.6 Å². The maximum atomic E-state index is 12.0. The van der Waals surface area contributed by atoms with Crippen molar-refractivity contribution in [1.82, 2.24) is 15.2 Å². The van der Waals surface area contributed by atoms with Crippen molar-refractivity contribution in [3.8, 4) is 0 Å². The lowest BCUT2D eigenvalue weighted by atomic mass is 10.2. The van der Waals surface area contributed by atoms with Crippen molar-refractivity contribution in [2.24, 2.45) is 0 Å². The third-order valence-corrected chi connectivity index (χ3v) is 3.35. The number of urea groups is 1. The van der Waals surface area contributed by atoms with Gasteiger partial charge in [-0.2, -0.15) is 0 Å². The number of nitrogens with zero attached hydrogens (tertiary/aromatic N) is 2. The second-order valence-electron chi connectivity index (χ2n) is 4.82. The zero-order chi connectivity index (χ0) is 14.7. The minimum atomic E-state index is -1.11. The molecule has 7 nitrogen and oxygen atoms in total. The predicted molar refractivity (Wildman–Crippen MR) is 70.0 cm³/mol. The summed E-state index contributed by atoms with van der Waals surface area (Å²) in [4.78, 5) is 28.3. The Kier molecular flexibility index (Phi) is 4.19. The molecule has 0 spiro atoms. The fourth-order valence-corrected chi connectivity index (χ4v) is 2.24. The normalized spacial score (nSPS) is 21.8. The monoisotopic (exact) mass is 279 g/mol. The van der Waals surface area contributed by atoms with Crippen LogP contribution in [0.25, 0.3) is 0 Å². The van der Waals surface area contributed by atoms with Crippen LogP contribution in [0.4, 0.5) is 4.79 Å². The molecular weight excluding hydrogens is 262 g/mol. The highest BCUT2D eigenvalue weighted by molar-refractivity contribution is 5.83. The number of hydrogen-bond donors (Lipinski definition) is 3. The first-order valence-corrected chi connectivity index (χ1v) is 6.35. The minimum Gasteiger partial charge on any atom is -0.480 e. The molecule has 2 heterocycles. The maximum Gasteiger partial charge on any atom is 0.326 e. The number of likely N-dealkylation sites (tertiary alicyclic amines) is 1. The Morgan fingerprint density at radius 3 is 2.95 bits per heavy atom. The first-order chi connectivity index (χ1) is 9.49. The highest BCUT2D eigenvalue weighted by Gasteiger charge is 2.38. The van der Waals surface area contributed by atoms with E-state index in [1.54, 1.807) is 12.3 Å².